The smallest absolute Gasteiger partial charge is 0.337 e. The Morgan fingerprint density at radius 1 is 1.17 bits per heavy atom. The van der Waals surface area contributed by atoms with Gasteiger partial charge in [-0.25, -0.2) is 13.2 Å². The molecule has 1 aliphatic rings. The maximum Gasteiger partial charge on any atom is 0.337 e. The van der Waals surface area contributed by atoms with E-state index in [1.807, 2.05) is 0 Å². The fraction of sp³-hybridized carbons (Fsp3) is 0.133. The normalized spacial score (nSPS) is 12.9. The SMILES string of the molecule is CN(c1ccc2c(c1)OCO2)S(=O)(=O)c1cc(Cl)ccc1C(=O)O. The average molecular weight is 370 g/mol. The Labute approximate surface area is 143 Å². The number of nitrogens with zero attached hydrogens (tertiary/aromatic N) is 1. The molecule has 0 unspecified atom stereocenters. The molecule has 3 rings (SSSR count). The highest BCUT2D eigenvalue weighted by Gasteiger charge is 2.28. The highest BCUT2D eigenvalue weighted by Crippen LogP contribution is 2.37. The first kappa shape index (κ1) is 16.4. The van der Waals surface area contributed by atoms with Crippen LogP contribution in [0.3, 0.4) is 0 Å². The topological polar surface area (TPSA) is 93.1 Å². The number of benzene rings is 2. The van der Waals surface area contributed by atoms with Gasteiger partial charge in [0.05, 0.1) is 11.3 Å². The van der Waals surface area contributed by atoms with E-state index < -0.39 is 16.0 Å². The minimum Gasteiger partial charge on any atom is -0.478 e. The fourth-order valence-electron chi connectivity index (χ4n) is 2.25. The zero-order valence-corrected chi connectivity index (χ0v) is 14.0. The molecule has 0 saturated heterocycles. The molecule has 0 spiro atoms. The Morgan fingerprint density at radius 3 is 2.58 bits per heavy atom. The Kier molecular flexibility index (Phi) is 4.02. The number of fused-ring (bicyclic) bond motifs is 1. The van der Waals surface area contributed by atoms with Crippen molar-refractivity contribution in [1.82, 2.24) is 0 Å². The van der Waals surface area contributed by atoms with Crippen molar-refractivity contribution in [2.75, 3.05) is 18.1 Å². The number of hydrogen-bond donors (Lipinski definition) is 1. The number of halogens is 1. The quantitative estimate of drug-likeness (QED) is 0.890. The number of carboxylic acid groups (broad SMARTS) is 1. The molecule has 2 aromatic carbocycles. The van der Waals surface area contributed by atoms with Crippen LogP contribution in [0.25, 0.3) is 0 Å². The maximum absolute atomic E-state index is 12.8. The van der Waals surface area contributed by atoms with Crippen LogP contribution in [0.5, 0.6) is 11.5 Å². The van der Waals surface area contributed by atoms with Gasteiger partial charge in [-0.2, -0.15) is 0 Å². The predicted octanol–water partition coefficient (Wildman–Crippen LogP) is 2.59. The van der Waals surface area contributed by atoms with Crippen molar-refractivity contribution in [3.8, 4) is 11.5 Å². The molecule has 1 aliphatic heterocycles. The van der Waals surface area contributed by atoms with Gasteiger partial charge in [-0.15, -0.1) is 0 Å². The Hall–Kier alpha value is -2.45. The van der Waals surface area contributed by atoms with Crippen LogP contribution in [-0.2, 0) is 10.0 Å². The second-order valence-corrected chi connectivity index (χ2v) is 7.33. The molecule has 0 aliphatic carbocycles. The zero-order chi connectivity index (χ0) is 17.5. The first-order valence-electron chi connectivity index (χ1n) is 6.72. The Morgan fingerprint density at radius 2 is 1.88 bits per heavy atom. The van der Waals surface area contributed by atoms with Gasteiger partial charge in [-0.05, 0) is 30.3 Å². The minimum absolute atomic E-state index is 0.0622. The van der Waals surface area contributed by atoms with Crippen LogP contribution >= 0.6 is 11.6 Å². The number of anilines is 1. The summed E-state index contributed by atoms with van der Waals surface area (Å²) in [5.74, 6) is -0.429. The molecule has 0 saturated carbocycles. The van der Waals surface area contributed by atoms with Crippen molar-refractivity contribution in [1.29, 1.82) is 0 Å². The van der Waals surface area contributed by atoms with Gasteiger partial charge >= 0.3 is 5.97 Å². The molecular formula is C15H12ClNO6S. The number of aromatic carboxylic acids is 1. The van der Waals surface area contributed by atoms with E-state index >= 15 is 0 Å². The number of carboxylic acids is 1. The van der Waals surface area contributed by atoms with Crippen LogP contribution in [0.15, 0.2) is 41.3 Å². The molecule has 9 heteroatoms. The highest BCUT2D eigenvalue weighted by atomic mass is 35.5. The maximum atomic E-state index is 12.8. The van der Waals surface area contributed by atoms with E-state index in [1.54, 1.807) is 6.07 Å². The second kappa shape index (κ2) is 5.88. The summed E-state index contributed by atoms with van der Waals surface area (Å²) in [6.45, 7) is 0.0622. The van der Waals surface area contributed by atoms with Crippen LogP contribution in [-0.4, -0.2) is 33.3 Å². The summed E-state index contributed by atoms with van der Waals surface area (Å²) in [6.07, 6.45) is 0. The lowest BCUT2D eigenvalue weighted by atomic mass is 10.2. The third-order valence-corrected chi connectivity index (χ3v) is 5.59. The van der Waals surface area contributed by atoms with Crippen molar-refractivity contribution in [2.45, 2.75) is 4.90 Å². The summed E-state index contributed by atoms with van der Waals surface area (Å²) in [5, 5.41) is 9.36. The van der Waals surface area contributed by atoms with Crippen LogP contribution in [0.2, 0.25) is 5.02 Å². The van der Waals surface area contributed by atoms with Gasteiger partial charge in [0.15, 0.2) is 11.5 Å². The van der Waals surface area contributed by atoms with Gasteiger partial charge in [0, 0.05) is 18.1 Å². The summed E-state index contributed by atoms with van der Waals surface area (Å²) < 4.78 is 37.1. The number of carbonyl (C=O) groups is 1. The molecule has 7 nitrogen and oxygen atoms in total. The van der Waals surface area contributed by atoms with E-state index in [4.69, 9.17) is 21.1 Å². The molecule has 0 fully saturated rings. The zero-order valence-electron chi connectivity index (χ0n) is 12.4. The van der Waals surface area contributed by atoms with Crippen molar-refractivity contribution in [2.24, 2.45) is 0 Å². The van der Waals surface area contributed by atoms with Gasteiger partial charge in [0.25, 0.3) is 10.0 Å². The van der Waals surface area contributed by atoms with Gasteiger partial charge < -0.3 is 14.6 Å². The highest BCUT2D eigenvalue weighted by molar-refractivity contribution is 7.92. The Balaban J connectivity index is 2.08. The van der Waals surface area contributed by atoms with Crippen LogP contribution in [0.4, 0.5) is 5.69 Å². The molecule has 24 heavy (non-hydrogen) atoms. The molecule has 0 atom stereocenters. The molecule has 0 amide bonds. The predicted molar refractivity (Wildman–Crippen MR) is 86.6 cm³/mol. The van der Waals surface area contributed by atoms with Crippen molar-refractivity contribution >= 4 is 33.3 Å². The minimum atomic E-state index is -4.14. The average Bonchev–Trinajstić information content (AvgIpc) is 3.01. The first-order valence-corrected chi connectivity index (χ1v) is 8.54. The van der Waals surface area contributed by atoms with Crippen molar-refractivity contribution in [3.63, 3.8) is 0 Å². The lowest BCUT2D eigenvalue weighted by Crippen LogP contribution is -2.28. The van der Waals surface area contributed by atoms with Crippen molar-refractivity contribution in [3.05, 3.63) is 47.0 Å². The van der Waals surface area contributed by atoms with E-state index in [0.29, 0.717) is 17.2 Å². The first-order chi connectivity index (χ1) is 11.3. The summed E-state index contributed by atoms with van der Waals surface area (Å²) in [4.78, 5) is 10.9. The van der Waals surface area contributed by atoms with E-state index in [-0.39, 0.29) is 22.3 Å². The van der Waals surface area contributed by atoms with Crippen molar-refractivity contribution < 1.29 is 27.8 Å². The third-order valence-electron chi connectivity index (χ3n) is 3.53. The van der Waals surface area contributed by atoms with E-state index in [2.05, 4.69) is 0 Å². The molecule has 1 heterocycles. The van der Waals surface area contributed by atoms with Gasteiger partial charge in [0.1, 0.15) is 4.90 Å². The molecule has 126 valence electrons. The van der Waals surface area contributed by atoms with Gasteiger partial charge in [-0.3, -0.25) is 4.31 Å². The summed E-state index contributed by atoms with van der Waals surface area (Å²) in [7, 11) is -2.82. The second-order valence-electron chi connectivity index (χ2n) is 4.96. The van der Waals surface area contributed by atoms with Gasteiger partial charge in [0.2, 0.25) is 6.79 Å². The summed E-state index contributed by atoms with van der Waals surface area (Å²) >= 11 is 5.84. The van der Waals surface area contributed by atoms with Gasteiger partial charge in [-0.1, -0.05) is 11.6 Å². The standard InChI is InChI=1S/C15H12ClNO6S/c1-17(10-3-5-12-13(7-10)23-8-22-12)24(20,21)14-6-9(16)2-4-11(14)15(18)19/h2-7H,8H2,1H3,(H,18,19). The number of rotatable bonds is 4. The lowest BCUT2D eigenvalue weighted by Gasteiger charge is -2.21. The van der Waals surface area contributed by atoms with E-state index in [0.717, 1.165) is 16.4 Å². The molecule has 0 bridgehead atoms. The number of sulfonamides is 1. The van der Waals surface area contributed by atoms with Crippen LogP contribution in [0, 0.1) is 0 Å². The Bertz CT molecular complexity index is 928. The molecule has 0 radical (unpaired) electrons. The fourth-order valence-corrected chi connectivity index (χ4v) is 3.89. The third kappa shape index (κ3) is 2.74. The molecule has 0 aromatic heterocycles. The number of ether oxygens (including phenoxy) is 2. The van der Waals surface area contributed by atoms with E-state index in [9.17, 15) is 18.3 Å². The van der Waals surface area contributed by atoms with E-state index in [1.165, 1.54) is 25.2 Å². The molecular weight excluding hydrogens is 358 g/mol. The summed E-state index contributed by atoms with van der Waals surface area (Å²) in [5.41, 5.74) is -0.0532. The monoisotopic (exact) mass is 369 g/mol. The molecule has 2 aromatic rings. The van der Waals surface area contributed by atoms with Crippen LogP contribution in [0.1, 0.15) is 10.4 Å². The summed E-state index contributed by atoms with van der Waals surface area (Å²) in [6, 6.07) is 8.22. The largest absolute Gasteiger partial charge is 0.478 e. The molecule has 1 N–H and O–H groups in total. The number of hydrogen-bond acceptors (Lipinski definition) is 5. The van der Waals surface area contributed by atoms with Crippen LogP contribution < -0.4 is 13.8 Å². The lowest BCUT2D eigenvalue weighted by molar-refractivity contribution is 0.0692.